The molecule has 2 amide bonds. The van der Waals surface area contributed by atoms with Crippen molar-refractivity contribution < 1.29 is 23.9 Å². The first kappa shape index (κ1) is 33.3. The van der Waals surface area contributed by atoms with E-state index in [9.17, 15) is 14.4 Å². The Hall–Kier alpha value is -6.02. The van der Waals surface area contributed by atoms with E-state index in [0.29, 0.717) is 28.8 Å². The van der Waals surface area contributed by atoms with Gasteiger partial charge in [-0.05, 0) is 57.2 Å². The van der Waals surface area contributed by atoms with Gasteiger partial charge in [-0.1, -0.05) is 116 Å². The highest BCUT2D eigenvalue weighted by atomic mass is 16.5. The van der Waals surface area contributed by atoms with Crippen LogP contribution in [-0.2, 0) is 27.4 Å². The highest BCUT2D eigenvalue weighted by molar-refractivity contribution is 5.89. The molecule has 5 aromatic rings. The van der Waals surface area contributed by atoms with Gasteiger partial charge in [-0.3, -0.25) is 9.78 Å². The number of esters is 1. The standard InChI is InChI=1S/C40H37N3O5/c1-28(38(44)42-25-29-15-17-32(18-16-29)31-12-7-4-8-13-31)24-36(35-14-9-23-41-26-35)37(33-19-21-34(22-20-33)39(45)47-2)43-40(46)48-27-30-10-5-3-6-11-30/h3-24,26,28,37H,25,27H2,1-2H3,(H,42,44)(H,43,46)/b36-24+/t28-,37?/m1/s1. The Morgan fingerprint density at radius 3 is 2.06 bits per heavy atom. The van der Waals surface area contributed by atoms with E-state index in [0.717, 1.165) is 22.3 Å². The number of alkyl carbamates (subject to hydrolysis) is 1. The van der Waals surface area contributed by atoms with Crippen LogP contribution in [0.3, 0.4) is 0 Å². The molecule has 0 spiro atoms. The maximum atomic E-state index is 13.4. The number of amides is 2. The number of methoxy groups -OCH3 is 1. The Morgan fingerprint density at radius 1 is 0.750 bits per heavy atom. The van der Waals surface area contributed by atoms with Crippen molar-refractivity contribution in [1.29, 1.82) is 0 Å². The third-order valence-electron chi connectivity index (χ3n) is 7.82. The molecule has 1 aromatic heterocycles. The highest BCUT2D eigenvalue weighted by Crippen LogP contribution is 2.32. The van der Waals surface area contributed by atoms with E-state index < -0.39 is 24.0 Å². The number of benzene rings is 4. The van der Waals surface area contributed by atoms with Gasteiger partial charge in [0.1, 0.15) is 6.61 Å². The van der Waals surface area contributed by atoms with Crippen molar-refractivity contribution in [3.63, 3.8) is 0 Å². The van der Waals surface area contributed by atoms with Crippen molar-refractivity contribution in [2.45, 2.75) is 26.1 Å². The zero-order valence-electron chi connectivity index (χ0n) is 26.8. The Labute approximate surface area is 280 Å². The molecule has 48 heavy (non-hydrogen) atoms. The molecule has 2 atom stereocenters. The van der Waals surface area contributed by atoms with Crippen LogP contribution in [0, 0.1) is 5.92 Å². The third kappa shape index (κ3) is 9.04. The summed E-state index contributed by atoms with van der Waals surface area (Å²) in [6.45, 7) is 2.24. The van der Waals surface area contributed by atoms with Crippen molar-refractivity contribution in [3.05, 3.63) is 168 Å². The molecule has 242 valence electrons. The summed E-state index contributed by atoms with van der Waals surface area (Å²) in [6, 6.07) is 37.2. The van der Waals surface area contributed by atoms with Gasteiger partial charge in [0.2, 0.25) is 5.91 Å². The van der Waals surface area contributed by atoms with Crippen LogP contribution in [0.15, 0.2) is 140 Å². The van der Waals surface area contributed by atoms with Gasteiger partial charge in [0.05, 0.1) is 24.6 Å². The molecule has 0 fully saturated rings. The molecule has 5 rings (SSSR count). The molecule has 1 heterocycles. The van der Waals surface area contributed by atoms with Crippen LogP contribution in [-0.4, -0.2) is 30.1 Å². The van der Waals surface area contributed by atoms with Crippen LogP contribution >= 0.6 is 0 Å². The third-order valence-corrected chi connectivity index (χ3v) is 7.82. The van der Waals surface area contributed by atoms with E-state index in [1.807, 2.05) is 84.9 Å². The lowest BCUT2D eigenvalue weighted by molar-refractivity contribution is -0.123. The minimum absolute atomic E-state index is 0.0811. The monoisotopic (exact) mass is 639 g/mol. The lowest BCUT2D eigenvalue weighted by Gasteiger charge is -2.24. The number of rotatable bonds is 12. The molecule has 0 aliphatic heterocycles. The maximum Gasteiger partial charge on any atom is 0.408 e. The minimum Gasteiger partial charge on any atom is -0.465 e. The van der Waals surface area contributed by atoms with E-state index in [-0.39, 0.29) is 12.5 Å². The molecular formula is C40H37N3O5. The smallest absolute Gasteiger partial charge is 0.408 e. The number of carbonyl (C=O) groups excluding carboxylic acids is 3. The predicted molar refractivity (Wildman–Crippen MR) is 185 cm³/mol. The lowest BCUT2D eigenvalue weighted by atomic mass is 9.90. The second kappa shape index (κ2) is 16.5. The molecule has 0 saturated heterocycles. The summed E-state index contributed by atoms with van der Waals surface area (Å²) >= 11 is 0. The van der Waals surface area contributed by atoms with Crippen molar-refractivity contribution in [2.75, 3.05) is 7.11 Å². The van der Waals surface area contributed by atoms with E-state index in [2.05, 4.69) is 27.8 Å². The Balaban J connectivity index is 1.38. The molecule has 2 N–H and O–H groups in total. The zero-order chi connectivity index (χ0) is 33.7. The first-order valence-corrected chi connectivity index (χ1v) is 15.6. The fourth-order valence-corrected chi connectivity index (χ4v) is 5.19. The Morgan fingerprint density at radius 2 is 1.42 bits per heavy atom. The molecule has 4 aromatic carbocycles. The summed E-state index contributed by atoms with van der Waals surface area (Å²) < 4.78 is 10.4. The quantitative estimate of drug-likeness (QED) is 0.137. The first-order valence-electron chi connectivity index (χ1n) is 15.6. The van der Waals surface area contributed by atoms with E-state index in [1.54, 1.807) is 49.6 Å². The van der Waals surface area contributed by atoms with Crippen molar-refractivity contribution in [2.24, 2.45) is 5.92 Å². The summed E-state index contributed by atoms with van der Waals surface area (Å²) in [4.78, 5) is 43.1. The molecule has 1 unspecified atom stereocenters. The second-order valence-corrected chi connectivity index (χ2v) is 11.2. The van der Waals surface area contributed by atoms with E-state index in [4.69, 9.17) is 9.47 Å². The topological polar surface area (TPSA) is 107 Å². The van der Waals surface area contributed by atoms with Gasteiger partial charge in [-0.15, -0.1) is 0 Å². The Kier molecular flexibility index (Phi) is 11.5. The van der Waals surface area contributed by atoms with Gasteiger partial charge in [-0.25, -0.2) is 9.59 Å². The van der Waals surface area contributed by atoms with Crippen molar-refractivity contribution in [1.82, 2.24) is 15.6 Å². The summed E-state index contributed by atoms with van der Waals surface area (Å²) in [5, 5.41) is 6.02. The van der Waals surface area contributed by atoms with Gasteiger partial charge >= 0.3 is 12.1 Å². The zero-order valence-corrected chi connectivity index (χ0v) is 26.8. The highest BCUT2D eigenvalue weighted by Gasteiger charge is 2.24. The Bertz CT molecular complexity index is 1830. The van der Waals surface area contributed by atoms with Crippen LogP contribution in [0.25, 0.3) is 16.7 Å². The van der Waals surface area contributed by atoms with Crippen LogP contribution in [0.2, 0.25) is 0 Å². The van der Waals surface area contributed by atoms with Crippen LogP contribution in [0.4, 0.5) is 4.79 Å². The van der Waals surface area contributed by atoms with Gasteiger partial charge in [0, 0.05) is 18.9 Å². The molecule has 0 saturated carbocycles. The number of pyridine rings is 1. The number of hydrogen-bond acceptors (Lipinski definition) is 6. The van der Waals surface area contributed by atoms with Gasteiger partial charge < -0.3 is 20.1 Å². The van der Waals surface area contributed by atoms with Gasteiger partial charge in [0.25, 0.3) is 0 Å². The number of ether oxygens (including phenoxy) is 2. The fourth-order valence-electron chi connectivity index (χ4n) is 5.19. The summed E-state index contributed by atoms with van der Waals surface area (Å²) in [6.07, 6.45) is 4.51. The summed E-state index contributed by atoms with van der Waals surface area (Å²) in [5.41, 5.74) is 6.42. The molecule has 0 radical (unpaired) electrons. The minimum atomic E-state index is -0.745. The first-order chi connectivity index (χ1) is 23.4. The largest absolute Gasteiger partial charge is 0.465 e. The number of hydrogen-bond donors (Lipinski definition) is 2. The maximum absolute atomic E-state index is 13.4. The summed E-state index contributed by atoms with van der Waals surface area (Å²) in [7, 11) is 1.32. The van der Waals surface area contributed by atoms with Crippen molar-refractivity contribution in [3.8, 4) is 11.1 Å². The van der Waals surface area contributed by atoms with Crippen molar-refractivity contribution >= 4 is 23.5 Å². The average Bonchev–Trinajstić information content (AvgIpc) is 3.15. The van der Waals surface area contributed by atoms with E-state index in [1.165, 1.54) is 7.11 Å². The number of nitrogens with zero attached hydrogens (tertiary/aromatic N) is 1. The second-order valence-electron chi connectivity index (χ2n) is 11.2. The van der Waals surface area contributed by atoms with Crippen LogP contribution in [0.5, 0.6) is 0 Å². The SMILES string of the molecule is COC(=O)c1ccc(C(NC(=O)OCc2ccccc2)/C(=C/[C@@H](C)C(=O)NCc2ccc(-c3ccccc3)cc2)c2cccnc2)cc1. The molecule has 0 aliphatic carbocycles. The van der Waals surface area contributed by atoms with Crippen LogP contribution < -0.4 is 10.6 Å². The summed E-state index contributed by atoms with van der Waals surface area (Å²) in [5.74, 6) is -1.24. The molecule has 0 aliphatic rings. The van der Waals surface area contributed by atoms with Crippen LogP contribution in [0.1, 0.15) is 45.6 Å². The molecule has 8 nitrogen and oxygen atoms in total. The van der Waals surface area contributed by atoms with Gasteiger partial charge in [-0.2, -0.15) is 0 Å². The average molecular weight is 640 g/mol. The molecule has 8 heteroatoms. The predicted octanol–water partition coefficient (Wildman–Crippen LogP) is 7.54. The van der Waals surface area contributed by atoms with E-state index >= 15 is 0 Å². The number of nitrogens with one attached hydrogen (secondary N) is 2. The van der Waals surface area contributed by atoms with Gasteiger partial charge in [0.15, 0.2) is 0 Å². The number of aromatic nitrogens is 1. The molecule has 0 bridgehead atoms. The molecular weight excluding hydrogens is 602 g/mol. The fraction of sp³-hybridized carbons (Fsp3) is 0.150. The number of carbonyl (C=O) groups is 3. The lowest BCUT2D eigenvalue weighted by Crippen LogP contribution is -2.31. The normalized spacial score (nSPS) is 12.3.